The van der Waals surface area contributed by atoms with Crippen molar-refractivity contribution in [2.24, 2.45) is 0 Å². The number of benzene rings is 3. The normalized spacial score (nSPS) is 11.0. The molecule has 0 spiro atoms. The van der Waals surface area contributed by atoms with Gasteiger partial charge in [-0.3, -0.25) is 4.31 Å². The van der Waals surface area contributed by atoms with Crippen LogP contribution >= 0.6 is 0 Å². The van der Waals surface area contributed by atoms with Crippen LogP contribution in [0, 0.1) is 13.8 Å². The van der Waals surface area contributed by atoms with Gasteiger partial charge in [-0.15, -0.1) is 0 Å². The molecule has 0 bridgehead atoms. The van der Waals surface area contributed by atoms with Crippen LogP contribution in [0.3, 0.4) is 0 Å². The molecule has 0 heterocycles. The molecule has 3 aromatic rings. The molecule has 0 unspecified atom stereocenters. The third-order valence-corrected chi connectivity index (χ3v) is 6.92. The second-order valence-corrected chi connectivity index (χ2v) is 9.17. The Balaban J connectivity index is 1.78. The maximum Gasteiger partial charge on any atom is 0.343 e. The number of anilines is 1. The number of carbonyl (C=O) groups excluding carboxylic acids is 1. The van der Waals surface area contributed by atoms with E-state index in [0.29, 0.717) is 17.2 Å². The molecule has 8 heteroatoms. The average Bonchev–Trinajstić information content (AvgIpc) is 2.80. The molecule has 32 heavy (non-hydrogen) atoms. The van der Waals surface area contributed by atoms with Gasteiger partial charge in [0.05, 0.1) is 30.4 Å². The minimum absolute atomic E-state index is 0.213. The van der Waals surface area contributed by atoms with Crippen molar-refractivity contribution in [2.45, 2.75) is 18.7 Å². The largest absolute Gasteiger partial charge is 0.497 e. The Morgan fingerprint density at radius 1 is 0.781 bits per heavy atom. The predicted octanol–water partition coefficient (Wildman–Crippen LogP) is 4.36. The molecule has 168 valence electrons. The van der Waals surface area contributed by atoms with Crippen molar-refractivity contribution in [1.29, 1.82) is 0 Å². The Kier molecular flexibility index (Phi) is 6.74. The van der Waals surface area contributed by atoms with Gasteiger partial charge < -0.3 is 14.2 Å². The van der Waals surface area contributed by atoms with E-state index in [4.69, 9.17) is 14.2 Å². The van der Waals surface area contributed by atoms with Crippen LogP contribution in [0.2, 0.25) is 0 Å². The van der Waals surface area contributed by atoms with Crippen LogP contribution in [-0.2, 0) is 10.0 Å². The average molecular weight is 456 g/mol. The summed E-state index contributed by atoms with van der Waals surface area (Å²) >= 11 is 0. The van der Waals surface area contributed by atoms with E-state index in [1.807, 2.05) is 13.8 Å². The van der Waals surface area contributed by atoms with Gasteiger partial charge in [-0.25, -0.2) is 13.2 Å². The van der Waals surface area contributed by atoms with Crippen LogP contribution in [0.1, 0.15) is 21.5 Å². The van der Waals surface area contributed by atoms with Gasteiger partial charge in [-0.1, -0.05) is 6.07 Å². The summed E-state index contributed by atoms with van der Waals surface area (Å²) in [7, 11) is 0.735. The fraction of sp³-hybridized carbons (Fsp3) is 0.208. The number of carbonyl (C=O) groups is 1. The second kappa shape index (κ2) is 9.32. The third kappa shape index (κ3) is 4.86. The molecule has 0 fully saturated rings. The summed E-state index contributed by atoms with van der Waals surface area (Å²) in [5, 5.41) is 0. The number of rotatable bonds is 7. The van der Waals surface area contributed by atoms with E-state index in [1.165, 1.54) is 37.7 Å². The molecule has 0 N–H and O–H groups in total. The molecule has 0 radical (unpaired) electrons. The maximum atomic E-state index is 13.0. The van der Waals surface area contributed by atoms with Crippen molar-refractivity contribution in [3.8, 4) is 17.2 Å². The van der Waals surface area contributed by atoms with E-state index in [9.17, 15) is 13.2 Å². The lowest BCUT2D eigenvalue weighted by molar-refractivity contribution is 0.0734. The van der Waals surface area contributed by atoms with Gasteiger partial charge in [0, 0.05) is 13.1 Å². The number of esters is 1. The lowest BCUT2D eigenvalue weighted by Crippen LogP contribution is -2.26. The SMILES string of the molecule is COc1cc(OC)cc(C(=O)Oc2ccc(N(C)S(=O)(=O)c3ccc(C)c(C)c3)cc2)c1. The summed E-state index contributed by atoms with van der Waals surface area (Å²) < 4.78 is 42.9. The zero-order chi connectivity index (χ0) is 23.5. The molecule has 7 nitrogen and oxygen atoms in total. The monoisotopic (exact) mass is 455 g/mol. The molecule has 3 aromatic carbocycles. The second-order valence-electron chi connectivity index (χ2n) is 7.20. The first-order valence-electron chi connectivity index (χ1n) is 9.77. The van der Waals surface area contributed by atoms with Gasteiger partial charge in [0.2, 0.25) is 0 Å². The van der Waals surface area contributed by atoms with Gasteiger partial charge in [0.25, 0.3) is 10.0 Å². The number of hydrogen-bond donors (Lipinski definition) is 0. The lowest BCUT2D eigenvalue weighted by Gasteiger charge is -2.20. The van der Waals surface area contributed by atoms with Crippen molar-refractivity contribution in [2.75, 3.05) is 25.6 Å². The third-order valence-electron chi connectivity index (χ3n) is 5.13. The van der Waals surface area contributed by atoms with Crippen molar-refractivity contribution < 1.29 is 27.4 Å². The van der Waals surface area contributed by atoms with E-state index >= 15 is 0 Å². The summed E-state index contributed by atoms with van der Waals surface area (Å²) in [4.78, 5) is 12.7. The van der Waals surface area contributed by atoms with E-state index in [-0.39, 0.29) is 16.2 Å². The smallest absolute Gasteiger partial charge is 0.343 e. The summed E-state index contributed by atoms with van der Waals surface area (Å²) in [6.45, 7) is 3.80. The van der Waals surface area contributed by atoms with Crippen molar-refractivity contribution in [3.05, 3.63) is 77.4 Å². The fourth-order valence-corrected chi connectivity index (χ4v) is 4.27. The zero-order valence-electron chi connectivity index (χ0n) is 18.6. The first kappa shape index (κ1) is 23.1. The summed E-state index contributed by atoms with van der Waals surface area (Å²) in [6, 6.07) is 16.0. The number of ether oxygens (including phenoxy) is 3. The van der Waals surface area contributed by atoms with Crippen LogP contribution < -0.4 is 18.5 Å². The molecular formula is C24H25NO6S. The number of sulfonamides is 1. The van der Waals surface area contributed by atoms with E-state index in [2.05, 4.69) is 0 Å². The van der Waals surface area contributed by atoms with Crippen LogP contribution in [-0.4, -0.2) is 35.7 Å². The standard InChI is InChI=1S/C24H25NO6S/c1-16-6-11-23(12-17(16)2)32(27,28)25(3)19-7-9-20(10-8-19)31-24(26)18-13-21(29-4)15-22(14-18)30-5/h6-15H,1-5H3. The molecule has 0 saturated carbocycles. The van der Waals surface area contributed by atoms with Crippen molar-refractivity contribution in [3.63, 3.8) is 0 Å². The Morgan fingerprint density at radius 3 is 1.91 bits per heavy atom. The Hall–Kier alpha value is -3.52. The van der Waals surface area contributed by atoms with Crippen molar-refractivity contribution in [1.82, 2.24) is 0 Å². The Bertz CT molecular complexity index is 1210. The summed E-state index contributed by atoms with van der Waals surface area (Å²) in [5.41, 5.74) is 2.62. The minimum atomic E-state index is -3.73. The fourth-order valence-electron chi connectivity index (χ4n) is 2.99. The number of hydrogen-bond acceptors (Lipinski definition) is 6. The highest BCUT2D eigenvalue weighted by Crippen LogP contribution is 2.27. The molecule has 0 aliphatic carbocycles. The van der Waals surface area contributed by atoms with Gasteiger partial charge in [0.1, 0.15) is 17.2 Å². The number of aryl methyl sites for hydroxylation is 2. The van der Waals surface area contributed by atoms with Crippen LogP contribution in [0.15, 0.2) is 65.6 Å². The molecule has 0 amide bonds. The Labute approximate surface area is 188 Å². The molecule has 0 saturated heterocycles. The highest BCUT2D eigenvalue weighted by atomic mass is 32.2. The zero-order valence-corrected chi connectivity index (χ0v) is 19.4. The summed E-state index contributed by atoms with van der Waals surface area (Å²) in [5.74, 6) is 0.609. The maximum absolute atomic E-state index is 13.0. The van der Waals surface area contributed by atoms with E-state index in [0.717, 1.165) is 11.1 Å². The molecule has 0 aliphatic heterocycles. The van der Waals surface area contributed by atoms with Gasteiger partial charge in [-0.05, 0) is 73.5 Å². The highest BCUT2D eigenvalue weighted by molar-refractivity contribution is 7.92. The van der Waals surface area contributed by atoms with Gasteiger partial charge in [-0.2, -0.15) is 0 Å². The first-order chi connectivity index (χ1) is 15.1. The molecule has 3 rings (SSSR count). The number of methoxy groups -OCH3 is 2. The van der Waals surface area contributed by atoms with Gasteiger partial charge >= 0.3 is 5.97 Å². The molecule has 0 aliphatic rings. The van der Waals surface area contributed by atoms with Crippen LogP contribution in [0.4, 0.5) is 5.69 Å². The Morgan fingerprint density at radius 2 is 1.38 bits per heavy atom. The quantitative estimate of drug-likeness (QED) is 0.389. The van der Waals surface area contributed by atoms with Crippen molar-refractivity contribution >= 4 is 21.7 Å². The molecule has 0 atom stereocenters. The molecule has 0 aromatic heterocycles. The summed E-state index contributed by atoms with van der Waals surface area (Å²) in [6.07, 6.45) is 0. The van der Waals surface area contributed by atoms with E-state index in [1.54, 1.807) is 48.5 Å². The first-order valence-corrected chi connectivity index (χ1v) is 11.2. The van der Waals surface area contributed by atoms with Crippen LogP contribution in [0.5, 0.6) is 17.2 Å². The topological polar surface area (TPSA) is 82.1 Å². The van der Waals surface area contributed by atoms with Crippen LogP contribution in [0.25, 0.3) is 0 Å². The number of nitrogens with zero attached hydrogens (tertiary/aromatic N) is 1. The van der Waals surface area contributed by atoms with E-state index < -0.39 is 16.0 Å². The minimum Gasteiger partial charge on any atom is -0.497 e. The lowest BCUT2D eigenvalue weighted by atomic mass is 10.1. The van der Waals surface area contributed by atoms with Gasteiger partial charge in [0.15, 0.2) is 0 Å². The molecular weight excluding hydrogens is 430 g/mol. The predicted molar refractivity (Wildman–Crippen MR) is 122 cm³/mol. The highest BCUT2D eigenvalue weighted by Gasteiger charge is 2.22.